The van der Waals surface area contributed by atoms with Gasteiger partial charge in [-0.2, -0.15) is 0 Å². The summed E-state index contributed by atoms with van der Waals surface area (Å²) in [5, 5.41) is 9.03. The standard InChI is InChI=1S/C15H17F2NO3/c1-9-11(15(20)21)6-7-18(9)14(19)5-3-10-2-4-12(16)13(17)8-10/h2,4,8-9,11H,3,5-7H2,1H3,(H,20,21). The monoisotopic (exact) mass is 297 g/mol. The highest BCUT2D eigenvalue weighted by Gasteiger charge is 2.37. The zero-order valence-corrected chi connectivity index (χ0v) is 11.7. The molecule has 1 aliphatic heterocycles. The van der Waals surface area contributed by atoms with Crippen LogP contribution >= 0.6 is 0 Å². The zero-order chi connectivity index (χ0) is 15.6. The number of hydrogen-bond acceptors (Lipinski definition) is 2. The number of carbonyl (C=O) groups excluding carboxylic acids is 1. The summed E-state index contributed by atoms with van der Waals surface area (Å²) in [6.45, 7) is 2.15. The summed E-state index contributed by atoms with van der Waals surface area (Å²) in [4.78, 5) is 24.7. The Kier molecular flexibility index (Phi) is 4.55. The van der Waals surface area contributed by atoms with Gasteiger partial charge in [0.05, 0.1) is 5.92 Å². The molecule has 0 spiro atoms. The summed E-state index contributed by atoms with van der Waals surface area (Å²) >= 11 is 0. The molecule has 1 fully saturated rings. The Hall–Kier alpha value is -1.98. The first-order chi connectivity index (χ1) is 9.90. The molecule has 1 N–H and O–H groups in total. The first kappa shape index (κ1) is 15.4. The number of amides is 1. The van der Waals surface area contributed by atoms with Crippen molar-refractivity contribution in [3.63, 3.8) is 0 Å². The quantitative estimate of drug-likeness (QED) is 0.927. The van der Waals surface area contributed by atoms with Crippen LogP contribution in [0.5, 0.6) is 0 Å². The van der Waals surface area contributed by atoms with E-state index in [4.69, 9.17) is 5.11 Å². The van der Waals surface area contributed by atoms with E-state index in [1.807, 2.05) is 0 Å². The predicted octanol–water partition coefficient (Wildman–Crippen LogP) is 2.22. The van der Waals surface area contributed by atoms with Crippen LogP contribution in [0.1, 0.15) is 25.3 Å². The first-order valence-electron chi connectivity index (χ1n) is 6.86. The third kappa shape index (κ3) is 3.37. The second-order valence-corrected chi connectivity index (χ2v) is 5.31. The Bertz CT molecular complexity index is 562. The van der Waals surface area contributed by atoms with E-state index < -0.39 is 23.5 Å². The van der Waals surface area contributed by atoms with Gasteiger partial charge in [0, 0.05) is 19.0 Å². The molecular weight excluding hydrogens is 280 g/mol. The highest BCUT2D eigenvalue weighted by molar-refractivity contribution is 5.79. The van der Waals surface area contributed by atoms with Crippen LogP contribution < -0.4 is 0 Å². The molecule has 2 unspecified atom stereocenters. The molecule has 0 saturated carbocycles. The van der Waals surface area contributed by atoms with Gasteiger partial charge in [0.25, 0.3) is 0 Å². The number of hydrogen-bond donors (Lipinski definition) is 1. The molecule has 0 bridgehead atoms. The van der Waals surface area contributed by atoms with Crippen LogP contribution in [-0.2, 0) is 16.0 Å². The van der Waals surface area contributed by atoms with Gasteiger partial charge < -0.3 is 10.0 Å². The molecule has 21 heavy (non-hydrogen) atoms. The fourth-order valence-electron chi connectivity index (χ4n) is 2.71. The van der Waals surface area contributed by atoms with Crippen LogP contribution in [-0.4, -0.2) is 34.5 Å². The third-order valence-corrected chi connectivity index (χ3v) is 4.00. The molecule has 1 aromatic carbocycles. The topological polar surface area (TPSA) is 57.6 Å². The van der Waals surface area contributed by atoms with Gasteiger partial charge >= 0.3 is 5.97 Å². The number of nitrogens with zero attached hydrogens (tertiary/aromatic N) is 1. The Balaban J connectivity index is 1.93. The minimum atomic E-state index is -0.930. The van der Waals surface area contributed by atoms with Crippen molar-refractivity contribution in [2.24, 2.45) is 5.92 Å². The fourth-order valence-corrected chi connectivity index (χ4v) is 2.71. The molecule has 114 valence electrons. The van der Waals surface area contributed by atoms with Gasteiger partial charge in [-0.05, 0) is 37.5 Å². The zero-order valence-electron chi connectivity index (χ0n) is 11.7. The Morgan fingerprint density at radius 1 is 1.33 bits per heavy atom. The molecular formula is C15H17F2NO3. The van der Waals surface area contributed by atoms with Crippen molar-refractivity contribution in [1.82, 2.24) is 4.90 Å². The molecule has 0 aromatic heterocycles. The summed E-state index contributed by atoms with van der Waals surface area (Å²) in [6.07, 6.45) is 0.909. The average Bonchev–Trinajstić information content (AvgIpc) is 2.82. The largest absolute Gasteiger partial charge is 0.481 e. The van der Waals surface area contributed by atoms with E-state index in [0.717, 1.165) is 12.1 Å². The highest BCUT2D eigenvalue weighted by Crippen LogP contribution is 2.25. The molecule has 0 radical (unpaired) electrons. The molecule has 1 aromatic rings. The van der Waals surface area contributed by atoms with E-state index in [0.29, 0.717) is 24.9 Å². The van der Waals surface area contributed by atoms with Gasteiger partial charge in [-0.15, -0.1) is 0 Å². The van der Waals surface area contributed by atoms with Crippen LogP contribution in [0.4, 0.5) is 8.78 Å². The lowest BCUT2D eigenvalue weighted by Gasteiger charge is -2.23. The minimum absolute atomic E-state index is 0.155. The summed E-state index contributed by atoms with van der Waals surface area (Å²) in [7, 11) is 0. The van der Waals surface area contributed by atoms with E-state index in [2.05, 4.69) is 0 Å². The Morgan fingerprint density at radius 2 is 2.05 bits per heavy atom. The van der Waals surface area contributed by atoms with Crippen LogP contribution in [0, 0.1) is 17.6 Å². The number of carbonyl (C=O) groups is 2. The van der Waals surface area contributed by atoms with E-state index in [-0.39, 0.29) is 18.4 Å². The van der Waals surface area contributed by atoms with Crippen LogP contribution in [0.3, 0.4) is 0 Å². The fraction of sp³-hybridized carbons (Fsp3) is 0.467. The SMILES string of the molecule is CC1C(C(=O)O)CCN1C(=O)CCc1ccc(F)c(F)c1. The van der Waals surface area contributed by atoms with E-state index in [1.165, 1.54) is 6.07 Å². The van der Waals surface area contributed by atoms with Crippen molar-refractivity contribution in [2.45, 2.75) is 32.2 Å². The van der Waals surface area contributed by atoms with Crippen molar-refractivity contribution in [2.75, 3.05) is 6.54 Å². The van der Waals surface area contributed by atoms with E-state index in [1.54, 1.807) is 11.8 Å². The van der Waals surface area contributed by atoms with Gasteiger partial charge in [0.2, 0.25) is 5.91 Å². The number of aliphatic carboxylic acids is 1. The lowest BCUT2D eigenvalue weighted by atomic mass is 10.0. The van der Waals surface area contributed by atoms with Gasteiger partial charge in [-0.25, -0.2) is 8.78 Å². The first-order valence-corrected chi connectivity index (χ1v) is 6.86. The maximum absolute atomic E-state index is 13.1. The molecule has 0 aliphatic carbocycles. The van der Waals surface area contributed by atoms with Crippen LogP contribution in [0.2, 0.25) is 0 Å². The summed E-state index contributed by atoms with van der Waals surface area (Å²) in [5.41, 5.74) is 0.545. The number of aryl methyl sites for hydroxylation is 1. The lowest BCUT2D eigenvalue weighted by molar-refractivity contribution is -0.143. The smallest absolute Gasteiger partial charge is 0.308 e. The average molecular weight is 297 g/mol. The van der Waals surface area contributed by atoms with Gasteiger partial charge in [-0.3, -0.25) is 9.59 Å². The van der Waals surface area contributed by atoms with Crippen molar-refractivity contribution in [1.29, 1.82) is 0 Å². The molecule has 1 saturated heterocycles. The van der Waals surface area contributed by atoms with Crippen LogP contribution in [0.25, 0.3) is 0 Å². The normalized spacial score (nSPS) is 21.6. The Labute approximate surface area is 121 Å². The summed E-state index contributed by atoms with van der Waals surface area (Å²) in [6, 6.07) is 3.23. The molecule has 1 aliphatic rings. The number of rotatable bonds is 4. The second-order valence-electron chi connectivity index (χ2n) is 5.31. The second kappa shape index (κ2) is 6.20. The molecule has 4 nitrogen and oxygen atoms in total. The molecule has 1 amide bonds. The van der Waals surface area contributed by atoms with Crippen LogP contribution in [0.15, 0.2) is 18.2 Å². The maximum atomic E-state index is 13.1. The molecule has 6 heteroatoms. The van der Waals surface area contributed by atoms with Gasteiger partial charge in [-0.1, -0.05) is 6.07 Å². The van der Waals surface area contributed by atoms with E-state index in [9.17, 15) is 18.4 Å². The molecule has 2 rings (SSSR count). The van der Waals surface area contributed by atoms with Crippen molar-refractivity contribution >= 4 is 11.9 Å². The molecule has 2 atom stereocenters. The van der Waals surface area contributed by atoms with Gasteiger partial charge in [0.1, 0.15) is 0 Å². The van der Waals surface area contributed by atoms with Crippen molar-refractivity contribution in [3.8, 4) is 0 Å². The molecule has 1 heterocycles. The summed E-state index contributed by atoms with van der Waals surface area (Å²) in [5.74, 6) is -3.42. The van der Waals surface area contributed by atoms with Gasteiger partial charge in [0.15, 0.2) is 11.6 Å². The highest BCUT2D eigenvalue weighted by atomic mass is 19.2. The van der Waals surface area contributed by atoms with Crippen molar-refractivity contribution in [3.05, 3.63) is 35.4 Å². The predicted molar refractivity (Wildman–Crippen MR) is 71.6 cm³/mol. The van der Waals surface area contributed by atoms with E-state index >= 15 is 0 Å². The minimum Gasteiger partial charge on any atom is -0.481 e. The Morgan fingerprint density at radius 3 is 2.62 bits per heavy atom. The maximum Gasteiger partial charge on any atom is 0.308 e. The number of carboxylic acids is 1. The summed E-state index contributed by atoms with van der Waals surface area (Å²) < 4.78 is 25.9. The lowest BCUT2D eigenvalue weighted by Crippen LogP contribution is -2.37. The number of benzene rings is 1. The number of carboxylic acid groups (broad SMARTS) is 1. The number of halogens is 2. The third-order valence-electron chi connectivity index (χ3n) is 4.00. The van der Waals surface area contributed by atoms with Crippen molar-refractivity contribution < 1.29 is 23.5 Å². The number of likely N-dealkylation sites (tertiary alicyclic amines) is 1.